The summed E-state index contributed by atoms with van der Waals surface area (Å²) in [6, 6.07) is 10.2. The van der Waals surface area contributed by atoms with Gasteiger partial charge in [0.05, 0.1) is 24.9 Å². The molecule has 1 saturated carbocycles. The van der Waals surface area contributed by atoms with E-state index in [1.54, 1.807) is 0 Å². The van der Waals surface area contributed by atoms with Gasteiger partial charge >= 0.3 is 0 Å². The summed E-state index contributed by atoms with van der Waals surface area (Å²) >= 11 is 0. The van der Waals surface area contributed by atoms with Crippen molar-refractivity contribution in [1.29, 1.82) is 0 Å². The number of nitrogens with one attached hydrogen (secondary N) is 1. The lowest BCUT2D eigenvalue weighted by molar-refractivity contribution is -0.0479. The van der Waals surface area contributed by atoms with Crippen molar-refractivity contribution in [3.05, 3.63) is 35.9 Å². The third-order valence-corrected chi connectivity index (χ3v) is 4.69. The van der Waals surface area contributed by atoms with E-state index in [1.807, 2.05) is 18.2 Å². The summed E-state index contributed by atoms with van der Waals surface area (Å²) in [6.45, 7) is 5.72. The molecular formula is C18H29NO2. The highest BCUT2D eigenvalue weighted by Gasteiger charge is 2.33. The number of ether oxygens (including phenoxy) is 1. The molecule has 0 aromatic heterocycles. The van der Waals surface area contributed by atoms with Gasteiger partial charge in [0.25, 0.3) is 0 Å². The Morgan fingerprint density at radius 2 is 1.95 bits per heavy atom. The van der Waals surface area contributed by atoms with E-state index in [-0.39, 0.29) is 6.61 Å². The molecule has 3 unspecified atom stereocenters. The molecule has 0 aliphatic heterocycles. The number of rotatable bonds is 7. The van der Waals surface area contributed by atoms with E-state index in [1.165, 1.54) is 19.3 Å². The number of hydrogen-bond donors (Lipinski definition) is 2. The second-order valence-corrected chi connectivity index (χ2v) is 6.25. The maximum atomic E-state index is 10.0. The van der Waals surface area contributed by atoms with Crippen molar-refractivity contribution in [2.75, 3.05) is 19.8 Å². The molecule has 118 valence electrons. The largest absolute Gasteiger partial charge is 0.394 e. The number of benzene rings is 1. The van der Waals surface area contributed by atoms with Crippen molar-refractivity contribution in [3.63, 3.8) is 0 Å². The molecule has 0 spiro atoms. The molecule has 2 rings (SSSR count). The molecular weight excluding hydrogens is 262 g/mol. The van der Waals surface area contributed by atoms with Gasteiger partial charge in [-0.1, -0.05) is 57.0 Å². The third kappa shape index (κ3) is 4.06. The second kappa shape index (κ2) is 7.92. The molecule has 3 heteroatoms. The number of aliphatic hydroxyl groups excluding tert-OH is 1. The smallest absolute Gasteiger partial charge is 0.0906 e. The molecule has 2 N–H and O–H groups in total. The van der Waals surface area contributed by atoms with Crippen molar-refractivity contribution < 1.29 is 9.84 Å². The van der Waals surface area contributed by atoms with Crippen LogP contribution in [0.15, 0.2) is 30.3 Å². The minimum atomic E-state index is -0.493. The zero-order chi connectivity index (χ0) is 15.1. The first-order valence-electron chi connectivity index (χ1n) is 8.25. The van der Waals surface area contributed by atoms with E-state index >= 15 is 0 Å². The molecule has 21 heavy (non-hydrogen) atoms. The van der Waals surface area contributed by atoms with Gasteiger partial charge in [0.1, 0.15) is 0 Å². The molecule has 0 bridgehead atoms. The maximum absolute atomic E-state index is 10.0. The highest BCUT2D eigenvalue weighted by atomic mass is 16.5. The first-order valence-corrected chi connectivity index (χ1v) is 8.25. The van der Waals surface area contributed by atoms with Crippen LogP contribution in [0.4, 0.5) is 0 Å². The topological polar surface area (TPSA) is 41.5 Å². The monoisotopic (exact) mass is 291 g/mol. The van der Waals surface area contributed by atoms with Crippen molar-refractivity contribution >= 4 is 0 Å². The molecule has 3 nitrogen and oxygen atoms in total. The fourth-order valence-corrected chi connectivity index (χ4v) is 3.30. The molecule has 1 aromatic carbocycles. The number of aliphatic hydroxyl groups is 1. The van der Waals surface area contributed by atoms with Crippen LogP contribution in [0, 0.1) is 5.92 Å². The lowest BCUT2D eigenvalue weighted by Crippen LogP contribution is -2.50. The van der Waals surface area contributed by atoms with E-state index in [2.05, 4.69) is 31.3 Å². The number of hydrogen-bond acceptors (Lipinski definition) is 3. The van der Waals surface area contributed by atoms with Gasteiger partial charge in [0.2, 0.25) is 0 Å². The van der Waals surface area contributed by atoms with Crippen molar-refractivity contribution in [2.45, 2.75) is 51.2 Å². The normalized spacial score (nSPS) is 25.5. The van der Waals surface area contributed by atoms with Crippen molar-refractivity contribution in [1.82, 2.24) is 5.32 Å². The number of likely N-dealkylation sites (N-methyl/N-ethyl adjacent to an activating group) is 1. The zero-order valence-electron chi connectivity index (χ0n) is 13.3. The predicted molar refractivity (Wildman–Crippen MR) is 86.3 cm³/mol. The molecule has 1 aliphatic carbocycles. The van der Waals surface area contributed by atoms with Crippen LogP contribution in [-0.4, -0.2) is 31.0 Å². The van der Waals surface area contributed by atoms with Crippen LogP contribution < -0.4 is 5.32 Å². The Morgan fingerprint density at radius 3 is 2.57 bits per heavy atom. The van der Waals surface area contributed by atoms with Gasteiger partial charge in [-0.25, -0.2) is 0 Å². The summed E-state index contributed by atoms with van der Waals surface area (Å²) in [7, 11) is 0. The summed E-state index contributed by atoms with van der Waals surface area (Å²) in [5, 5.41) is 13.5. The first-order chi connectivity index (χ1) is 10.2. The van der Waals surface area contributed by atoms with E-state index < -0.39 is 5.54 Å². The Hall–Kier alpha value is -0.900. The standard InChI is InChI=1S/C18H29NO2/c1-3-19-18(13-20,16-10-5-4-6-11-16)14-21-17-12-8-7-9-15(17)2/h4-6,10-11,15,17,19-20H,3,7-9,12-14H2,1-2H3. The predicted octanol–water partition coefficient (Wildman–Crippen LogP) is 3.08. The Balaban J connectivity index is 2.09. The summed E-state index contributed by atoms with van der Waals surface area (Å²) < 4.78 is 6.24. The Kier molecular flexibility index (Phi) is 6.22. The van der Waals surface area contributed by atoms with Gasteiger partial charge in [0.15, 0.2) is 0 Å². The van der Waals surface area contributed by atoms with Gasteiger partial charge in [-0.2, -0.15) is 0 Å². The van der Waals surface area contributed by atoms with Crippen LogP contribution in [0.1, 0.15) is 45.1 Å². The fraction of sp³-hybridized carbons (Fsp3) is 0.667. The van der Waals surface area contributed by atoms with Crippen LogP contribution in [0.2, 0.25) is 0 Å². The zero-order valence-corrected chi connectivity index (χ0v) is 13.3. The van der Waals surface area contributed by atoms with E-state index in [4.69, 9.17) is 4.74 Å². The molecule has 3 atom stereocenters. The SMILES string of the molecule is CCNC(CO)(COC1CCCCC1C)c1ccccc1. The molecule has 0 radical (unpaired) electrons. The lowest BCUT2D eigenvalue weighted by atomic mass is 9.87. The second-order valence-electron chi connectivity index (χ2n) is 6.25. The van der Waals surface area contributed by atoms with E-state index in [0.717, 1.165) is 18.5 Å². The molecule has 1 aliphatic rings. The molecule has 0 saturated heterocycles. The quantitative estimate of drug-likeness (QED) is 0.811. The summed E-state index contributed by atoms with van der Waals surface area (Å²) in [5.41, 5.74) is 0.602. The molecule has 0 heterocycles. The van der Waals surface area contributed by atoms with Gasteiger partial charge in [-0.15, -0.1) is 0 Å². The minimum Gasteiger partial charge on any atom is -0.394 e. The molecule has 0 amide bonds. The van der Waals surface area contributed by atoms with Crippen LogP contribution in [0.25, 0.3) is 0 Å². The van der Waals surface area contributed by atoms with Crippen molar-refractivity contribution in [3.8, 4) is 0 Å². The summed E-state index contributed by atoms with van der Waals surface area (Å²) in [4.78, 5) is 0. The van der Waals surface area contributed by atoms with Crippen LogP contribution in [0.5, 0.6) is 0 Å². The Morgan fingerprint density at radius 1 is 1.24 bits per heavy atom. The first kappa shape index (κ1) is 16.5. The summed E-state index contributed by atoms with van der Waals surface area (Å²) in [5.74, 6) is 0.618. The lowest BCUT2D eigenvalue weighted by Gasteiger charge is -2.37. The van der Waals surface area contributed by atoms with Gasteiger partial charge < -0.3 is 15.2 Å². The van der Waals surface area contributed by atoms with Crippen molar-refractivity contribution in [2.24, 2.45) is 5.92 Å². The average Bonchev–Trinajstić information content (AvgIpc) is 2.54. The van der Waals surface area contributed by atoms with Gasteiger partial charge in [-0.05, 0) is 30.9 Å². The van der Waals surface area contributed by atoms with Crippen LogP contribution in [0.3, 0.4) is 0 Å². The van der Waals surface area contributed by atoms with Crippen LogP contribution >= 0.6 is 0 Å². The third-order valence-electron chi connectivity index (χ3n) is 4.69. The minimum absolute atomic E-state index is 0.0476. The molecule has 1 aromatic rings. The Bertz CT molecular complexity index is 409. The maximum Gasteiger partial charge on any atom is 0.0906 e. The highest BCUT2D eigenvalue weighted by Crippen LogP contribution is 2.29. The van der Waals surface area contributed by atoms with Crippen LogP contribution in [-0.2, 0) is 10.3 Å². The highest BCUT2D eigenvalue weighted by molar-refractivity contribution is 5.25. The fourth-order valence-electron chi connectivity index (χ4n) is 3.30. The summed E-state index contributed by atoms with van der Waals surface area (Å²) in [6.07, 6.45) is 5.30. The van der Waals surface area contributed by atoms with E-state index in [0.29, 0.717) is 18.6 Å². The average molecular weight is 291 g/mol. The Labute approximate surface area is 128 Å². The molecule has 1 fully saturated rings. The van der Waals surface area contributed by atoms with E-state index in [9.17, 15) is 5.11 Å². The van der Waals surface area contributed by atoms with Gasteiger partial charge in [0, 0.05) is 0 Å². The van der Waals surface area contributed by atoms with Gasteiger partial charge in [-0.3, -0.25) is 0 Å².